The first-order valence-corrected chi connectivity index (χ1v) is 3.28. The van der Waals surface area contributed by atoms with Crippen LogP contribution in [0.4, 0.5) is 10.1 Å². The van der Waals surface area contributed by atoms with Crippen LogP contribution in [0.5, 0.6) is 0 Å². The van der Waals surface area contributed by atoms with E-state index < -0.39 is 5.82 Å². The van der Waals surface area contributed by atoms with Crippen LogP contribution in [0, 0.1) is 18.3 Å². The maximum absolute atomic E-state index is 12.8. The minimum absolute atomic E-state index is 0.261. The SMILES string of the molecule is C#CNc1ccc(Cl)cc1F. The third-order valence-corrected chi connectivity index (χ3v) is 1.37. The molecule has 0 radical (unpaired) electrons. The predicted molar refractivity (Wildman–Crippen MR) is 43.9 cm³/mol. The Hall–Kier alpha value is -1.20. The number of nitrogens with one attached hydrogen (secondary N) is 1. The molecule has 0 spiro atoms. The standard InChI is InChI=1S/C8H5ClFN/c1-2-11-8-4-3-6(9)5-7(8)10/h1,3-5,11H. The number of rotatable bonds is 1. The molecule has 56 valence electrons. The lowest BCUT2D eigenvalue weighted by atomic mass is 10.3. The van der Waals surface area contributed by atoms with Gasteiger partial charge in [-0.2, -0.15) is 0 Å². The zero-order valence-corrected chi connectivity index (χ0v) is 6.32. The molecule has 0 aliphatic rings. The molecular weight excluding hydrogens is 165 g/mol. The third kappa shape index (κ3) is 1.86. The molecule has 0 aliphatic heterocycles. The van der Waals surface area contributed by atoms with E-state index in [1.807, 2.05) is 0 Å². The van der Waals surface area contributed by atoms with Crippen LogP contribution in [0.3, 0.4) is 0 Å². The molecule has 0 fully saturated rings. The van der Waals surface area contributed by atoms with Crippen molar-refractivity contribution in [3.63, 3.8) is 0 Å². The Bertz CT molecular complexity index is 303. The summed E-state index contributed by atoms with van der Waals surface area (Å²) in [6.07, 6.45) is 4.91. The van der Waals surface area contributed by atoms with Crippen molar-refractivity contribution in [3.8, 4) is 12.5 Å². The number of anilines is 1. The van der Waals surface area contributed by atoms with Gasteiger partial charge in [-0.05, 0) is 18.2 Å². The van der Waals surface area contributed by atoms with Crippen molar-refractivity contribution in [3.05, 3.63) is 29.0 Å². The molecule has 1 nitrogen and oxygen atoms in total. The van der Waals surface area contributed by atoms with Gasteiger partial charge in [-0.3, -0.25) is 0 Å². The summed E-state index contributed by atoms with van der Waals surface area (Å²) in [4.78, 5) is 0. The van der Waals surface area contributed by atoms with E-state index >= 15 is 0 Å². The van der Waals surface area contributed by atoms with Crippen molar-refractivity contribution in [2.45, 2.75) is 0 Å². The summed E-state index contributed by atoms with van der Waals surface area (Å²) in [5.41, 5.74) is 0.261. The number of hydrogen-bond donors (Lipinski definition) is 1. The van der Waals surface area contributed by atoms with E-state index in [9.17, 15) is 4.39 Å². The van der Waals surface area contributed by atoms with Crippen LogP contribution in [0.15, 0.2) is 18.2 Å². The first-order chi connectivity index (χ1) is 5.24. The average molecular weight is 170 g/mol. The van der Waals surface area contributed by atoms with Gasteiger partial charge in [0.2, 0.25) is 0 Å². The van der Waals surface area contributed by atoms with Crippen LogP contribution in [0.2, 0.25) is 5.02 Å². The lowest BCUT2D eigenvalue weighted by Crippen LogP contribution is -1.90. The lowest BCUT2D eigenvalue weighted by Gasteiger charge is -1.99. The first kappa shape index (κ1) is 7.90. The highest BCUT2D eigenvalue weighted by Crippen LogP contribution is 2.17. The van der Waals surface area contributed by atoms with Crippen LogP contribution in [0.25, 0.3) is 0 Å². The van der Waals surface area contributed by atoms with Gasteiger partial charge in [0.15, 0.2) is 0 Å². The normalized spacial score (nSPS) is 8.82. The number of benzene rings is 1. The second kappa shape index (κ2) is 3.27. The molecule has 1 rings (SSSR count). The van der Waals surface area contributed by atoms with E-state index in [1.165, 1.54) is 12.1 Å². The molecule has 0 atom stereocenters. The van der Waals surface area contributed by atoms with Crippen LogP contribution in [0.1, 0.15) is 0 Å². The summed E-state index contributed by atoms with van der Waals surface area (Å²) < 4.78 is 12.8. The average Bonchev–Trinajstić information content (AvgIpc) is 1.95. The van der Waals surface area contributed by atoms with Gasteiger partial charge in [0, 0.05) is 11.1 Å². The Labute approximate surface area is 69.2 Å². The molecule has 0 amide bonds. The van der Waals surface area contributed by atoms with Crippen LogP contribution in [-0.2, 0) is 0 Å². The first-order valence-electron chi connectivity index (χ1n) is 2.90. The van der Waals surface area contributed by atoms with Gasteiger partial charge >= 0.3 is 0 Å². The Morgan fingerprint density at radius 2 is 2.27 bits per heavy atom. The Kier molecular flexibility index (Phi) is 2.35. The Morgan fingerprint density at radius 1 is 1.55 bits per heavy atom. The topological polar surface area (TPSA) is 12.0 Å². The predicted octanol–water partition coefficient (Wildman–Crippen LogP) is 2.48. The molecule has 1 N–H and O–H groups in total. The van der Waals surface area contributed by atoms with E-state index in [4.69, 9.17) is 18.0 Å². The van der Waals surface area contributed by atoms with Crippen molar-refractivity contribution in [1.29, 1.82) is 0 Å². The highest BCUT2D eigenvalue weighted by molar-refractivity contribution is 6.30. The molecular formula is C8H5ClFN. The van der Waals surface area contributed by atoms with Gasteiger partial charge in [-0.1, -0.05) is 18.0 Å². The fourth-order valence-electron chi connectivity index (χ4n) is 0.669. The second-order valence-electron chi connectivity index (χ2n) is 1.89. The number of terminal acetylenes is 1. The molecule has 0 aliphatic carbocycles. The minimum Gasteiger partial charge on any atom is -0.312 e. The van der Waals surface area contributed by atoms with E-state index in [2.05, 4.69) is 11.4 Å². The van der Waals surface area contributed by atoms with E-state index in [0.717, 1.165) is 0 Å². The van der Waals surface area contributed by atoms with Gasteiger partial charge in [0.25, 0.3) is 0 Å². The van der Waals surface area contributed by atoms with Gasteiger partial charge in [0.05, 0.1) is 5.69 Å². The summed E-state index contributed by atoms with van der Waals surface area (Å²) in [5.74, 6) is -0.449. The van der Waals surface area contributed by atoms with E-state index in [0.29, 0.717) is 5.02 Å². The number of halogens is 2. The van der Waals surface area contributed by atoms with Crippen molar-refractivity contribution in [1.82, 2.24) is 0 Å². The van der Waals surface area contributed by atoms with Crippen molar-refractivity contribution < 1.29 is 4.39 Å². The highest BCUT2D eigenvalue weighted by Gasteiger charge is 1.99. The Morgan fingerprint density at radius 3 is 2.82 bits per heavy atom. The summed E-state index contributed by atoms with van der Waals surface area (Å²) >= 11 is 5.50. The fourth-order valence-corrected chi connectivity index (χ4v) is 0.827. The van der Waals surface area contributed by atoms with Crippen molar-refractivity contribution in [2.24, 2.45) is 0 Å². The molecule has 11 heavy (non-hydrogen) atoms. The highest BCUT2D eigenvalue weighted by atomic mass is 35.5. The summed E-state index contributed by atoms with van der Waals surface area (Å²) in [5, 5.41) is 2.75. The van der Waals surface area contributed by atoms with Crippen LogP contribution >= 0.6 is 11.6 Å². The molecule has 1 aromatic carbocycles. The van der Waals surface area contributed by atoms with Crippen LogP contribution in [-0.4, -0.2) is 0 Å². The monoisotopic (exact) mass is 169 g/mol. The van der Waals surface area contributed by atoms with Gasteiger partial charge in [-0.15, -0.1) is 0 Å². The largest absolute Gasteiger partial charge is 0.312 e. The minimum atomic E-state index is -0.449. The molecule has 0 unspecified atom stereocenters. The molecule has 0 aromatic heterocycles. The second-order valence-corrected chi connectivity index (χ2v) is 2.33. The van der Waals surface area contributed by atoms with Gasteiger partial charge in [-0.25, -0.2) is 4.39 Å². The maximum atomic E-state index is 12.8. The molecule has 1 aromatic rings. The van der Waals surface area contributed by atoms with Crippen molar-refractivity contribution in [2.75, 3.05) is 5.32 Å². The molecule has 3 heteroatoms. The maximum Gasteiger partial charge on any atom is 0.148 e. The van der Waals surface area contributed by atoms with E-state index in [-0.39, 0.29) is 5.69 Å². The summed E-state index contributed by atoms with van der Waals surface area (Å²) in [6, 6.07) is 6.35. The quantitative estimate of drug-likeness (QED) is 0.503. The molecule has 0 saturated carbocycles. The van der Waals surface area contributed by atoms with E-state index in [1.54, 1.807) is 6.07 Å². The lowest BCUT2D eigenvalue weighted by molar-refractivity contribution is 0.632. The molecule has 0 saturated heterocycles. The summed E-state index contributed by atoms with van der Waals surface area (Å²) in [6.45, 7) is 0. The van der Waals surface area contributed by atoms with Gasteiger partial charge < -0.3 is 5.32 Å². The third-order valence-electron chi connectivity index (χ3n) is 1.14. The summed E-state index contributed by atoms with van der Waals surface area (Å²) in [7, 11) is 0. The van der Waals surface area contributed by atoms with Gasteiger partial charge in [0.1, 0.15) is 5.82 Å². The fraction of sp³-hybridized carbons (Fsp3) is 0. The smallest absolute Gasteiger partial charge is 0.148 e. The van der Waals surface area contributed by atoms with Crippen molar-refractivity contribution >= 4 is 17.3 Å². The van der Waals surface area contributed by atoms with Crippen LogP contribution < -0.4 is 5.32 Å². The molecule has 0 bridgehead atoms. The zero-order chi connectivity index (χ0) is 8.27. The Balaban J connectivity index is 3.01. The molecule has 0 heterocycles. The zero-order valence-electron chi connectivity index (χ0n) is 5.57. The number of hydrogen-bond acceptors (Lipinski definition) is 1.